The Labute approximate surface area is 156 Å². The molecule has 4 rings (SSSR count). The maximum atomic E-state index is 12.6. The number of carbonyl (C=O) groups excluding carboxylic acids is 1. The number of nitrogens with one attached hydrogen (secondary N) is 1. The summed E-state index contributed by atoms with van der Waals surface area (Å²) in [5.74, 6) is 0.874. The fourth-order valence-electron chi connectivity index (χ4n) is 3.46. The lowest BCUT2D eigenvalue weighted by Gasteiger charge is -2.09. The van der Waals surface area contributed by atoms with Crippen LogP contribution < -0.4 is 9.47 Å². The van der Waals surface area contributed by atoms with Gasteiger partial charge < -0.3 is 19.2 Å². The second-order valence-electron chi connectivity index (χ2n) is 6.33. The predicted octanol–water partition coefficient (Wildman–Crippen LogP) is 4.37. The molecule has 0 aliphatic heterocycles. The molecule has 6 nitrogen and oxygen atoms in total. The van der Waals surface area contributed by atoms with Gasteiger partial charge in [0.2, 0.25) is 0 Å². The van der Waals surface area contributed by atoms with E-state index in [2.05, 4.69) is 9.97 Å². The number of ether oxygens (including phenoxy) is 3. The van der Waals surface area contributed by atoms with E-state index >= 15 is 0 Å². The van der Waals surface area contributed by atoms with E-state index in [9.17, 15) is 4.79 Å². The summed E-state index contributed by atoms with van der Waals surface area (Å²) < 4.78 is 16.2. The molecule has 6 heteroatoms. The molecule has 0 spiro atoms. The monoisotopic (exact) mass is 364 g/mol. The van der Waals surface area contributed by atoms with E-state index in [1.54, 1.807) is 21.1 Å². The van der Waals surface area contributed by atoms with Gasteiger partial charge in [-0.05, 0) is 25.5 Å². The molecule has 4 aromatic rings. The van der Waals surface area contributed by atoms with E-state index in [1.807, 2.05) is 37.3 Å². The van der Waals surface area contributed by atoms with Gasteiger partial charge in [-0.2, -0.15) is 0 Å². The molecule has 0 atom stereocenters. The van der Waals surface area contributed by atoms with Crippen molar-refractivity contribution in [3.8, 4) is 11.5 Å². The maximum Gasteiger partial charge on any atom is 0.359 e. The zero-order valence-corrected chi connectivity index (χ0v) is 15.7. The summed E-state index contributed by atoms with van der Waals surface area (Å²) in [6.45, 7) is 4.06. The summed E-state index contributed by atoms with van der Waals surface area (Å²) in [5.41, 5.74) is 3.51. The number of H-pyrrole nitrogens is 1. The highest BCUT2D eigenvalue weighted by molar-refractivity contribution is 6.24. The number of rotatable bonds is 4. The van der Waals surface area contributed by atoms with Crippen LogP contribution in [-0.2, 0) is 4.74 Å². The fraction of sp³-hybridized carbons (Fsp3) is 0.238. The number of benzene rings is 2. The smallest absolute Gasteiger partial charge is 0.359 e. The van der Waals surface area contributed by atoms with Gasteiger partial charge in [-0.1, -0.05) is 12.1 Å². The number of aryl methyl sites for hydroxylation is 1. The number of aromatic nitrogens is 2. The second-order valence-corrected chi connectivity index (χ2v) is 6.33. The van der Waals surface area contributed by atoms with Gasteiger partial charge in [0.05, 0.1) is 42.8 Å². The molecule has 0 saturated heterocycles. The van der Waals surface area contributed by atoms with Crippen LogP contribution in [0.25, 0.3) is 32.7 Å². The molecule has 0 fully saturated rings. The standard InChI is InChI=1S/C21H20N2O4/c1-5-27-21(24)20-19-17(13-7-6-11(2)8-14(13)22-20)18-15(23-19)9-12(25-3)10-16(18)26-4/h6-10,23H,5H2,1-4H3. The van der Waals surface area contributed by atoms with Gasteiger partial charge in [0, 0.05) is 22.9 Å². The van der Waals surface area contributed by atoms with Gasteiger partial charge >= 0.3 is 5.97 Å². The summed E-state index contributed by atoms with van der Waals surface area (Å²) in [7, 11) is 3.22. The third-order valence-corrected chi connectivity index (χ3v) is 4.65. The van der Waals surface area contributed by atoms with Crippen LogP contribution in [0.4, 0.5) is 0 Å². The first-order valence-electron chi connectivity index (χ1n) is 8.72. The van der Waals surface area contributed by atoms with Gasteiger partial charge in [-0.3, -0.25) is 0 Å². The van der Waals surface area contributed by atoms with Crippen molar-refractivity contribution in [1.29, 1.82) is 0 Å². The van der Waals surface area contributed by atoms with Gasteiger partial charge in [0.1, 0.15) is 11.5 Å². The molecule has 2 aromatic heterocycles. The van der Waals surface area contributed by atoms with Crippen LogP contribution in [0.1, 0.15) is 23.0 Å². The third-order valence-electron chi connectivity index (χ3n) is 4.65. The Hall–Kier alpha value is -3.28. The highest BCUT2D eigenvalue weighted by Crippen LogP contribution is 2.40. The molecule has 2 aromatic carbocycles. The summed E-state index contributed by atoms with van der Waals surface area (Å²) in [6, 6.07) is 9.73. The van der Waals surface area contributed by atoms with Crippen LogP contribution in [0, 0.1) is 6.92 Å². The number of fused-ring (bicyclic) bond motifs is 5. The third kappa shape index (κ3) is 2.65. The number of methoxy groups -OCH3 is 2. The Balaban J connectivity index is 2.22. The van der Waals surface area contributed by atoms with Crippen LogP contribution in [0.15, 0.2) is 30.3 Å². The van der Waals surface area contributed by atoms with Gasteiger partial charge in [0.15, 0.2) is 5.69 Å². The molecule has 2 heterocycles. The Morgan fingerprint density at radius 2 is 1.93 bits per heavy atom. The van der Waals surface area contributed by atoms with Gasteiger partial charge in [-0.25, -0.2) is 9.78 Å². The minimum Gasteiger partial charge on any atom is -0.497 e. The van der Waals surface area contributed by atoms with E-state index < -0.39 is 5.97 Å². The minimum absolute atomic E-state index is 0.266. The van der Waals surface area contributed by atoms with E-state index in [-0.39, 0.29) is 12.3 Å². The molecular weight excluding hydrogens is 344 g/mol. The van der Waals surface area contributed by atoms with Crippen LogP contribution in [0.2, 0.25) is 0 Å². The topological polar surface area (TPSA) is 73.4 Å². The van der Waals surface area contributed by atoms with Crippen molar-refractivity contribution in [1.82, 2.24) is 9.97 Å². The number of hydrogen-bond acceptors (Lipinski definition) is 5. The largest absolute Gasteiger partial charge is 0.497 e. The average Bonchev–Trinajstić information content (AvgIpc) is 3.05. The average molecular weight is 364 g/mol. The molecule has 27 heavy (non-hydrogen) atoms. The number of esters is 1. The number of carbonyl (C=O) groups is 1. The minimum atomic E-state index is -0.455. The van der Waals surface area contributed by atoms with E-state index in [0.29, 0.717) is 17.0 Å². The van der Waals surface area contributed by atoms with E-state index in [1.165, 1.54) is 0 Å². The zero-order valence-electron chi connectivity index (χ0n) is 15.7. The van der Waals surface area contributed by atoms with Gasteiger partial charge in [-0.15, -0.1) is 0 Å². The Morgan fingerprint density at radius 3 is 2.63 bits per heavy atom. The summed E-state index contributed by atoms with van der Waals surface area (Å²) in [5, 5.41) is 2.71. The number of pyridine rings is 1. The number of nitrogens with zero attached hydrogens (tertiary/aromatic N) is 1. The first-order chi connectivity index (χ1) is 13.1. The molecule has 0 bridgehead atoms. The van der Waals surface area contributed by atoms with Crippen molar-refractivity contribution in [3.63, 3.8) is 0 Å². The van der Waals surface area contributed by atoms with Crippen LogP contribution in [0.5, 0.6) is 11.5 Å². The van der Waals surface area contributed by atoms with Crippen molar-refractivity contribution in [2.75, 3.05) is 20.8 Å². The van der Waals surface area contributed by atoms with Crippen molar-refractivity contribution in [2.45, 2.75) is 13.8 Å². The van der Waals surface area contributed by atoms with Crippen molar-refractivity contribution >= 4 is 38.7 Å². The fourth-order valence-corrected chi connectivity index (χ4v) is 3.46. The summed E-state index contributed by atoms with van der Waals surface area (Å²) in [4.78, 5) is 20.5. The van der Waals surface area contributed by atoms with E-state index in [4.69, 9.17) is 14.2 Å². The van der Waals surface area contributed by atoms with Gasteiger partial charge in [0.25, 0.3) is 0 Å². The van der Waals surface area contributed by atoms with E-state index in [0.717, 1.165) is 32.8 Å². The molecule has 0 aliphatic carbocycles. The predicted molar refractivity (Wildman–Crippen MR) is 105 cm³/mol. The highest BCUT2D eigenvalue weighted by Gasteiger charge is 2.22. The summed E-state index contributed by atoms with van der Waals surface area (Å²) >= 11 is 0. The van der Waals surface area contributed by atoms with Crippen LogP contribution >= 0.6 is 0 Å². The normalized spacial score (nSPS) is 11.3. The second kappa shape index (κ2) is 6.46. The lowest BCUT2D eigenvalue weighted by molar-refractivity contribution is 0.0522. The molecule has 1 N–H and O–H groups in total. The molecule has 0 amide bonds. The number of hydrogen-bond donors (Lipinski definition) is 1. The molecular formula is C21H20N2O4. The first kappa shape index (κ1) is 17.1. The molecule has 0 unspecified atom stereocenters. The molecule has 0 radical (unpaired) electrons. The highest BCUT2D eigenvalue weighted by atomic mass is 16.5. The molecule has 0 saturated carbocycles. The Kier molecular flexibility index (Phi) is 4.11. The van der Waals surface area contributed by atoms with Crippen molar-refractivity contribution in [3.05, 3.63) is 41.6 Å². The van der Waals surface area contributed by atoms with Crippen molar-refractivity contribution < 1.29 is 19.0 Å². The summed E-state index contributed by atoms with van der Waals surface area (Å²) in [6.07, 6.45) is 0. The maximum absolute atomic E-state index is 12.6. The first-order valence-corrected chi connectivity index (χ1v) is 8.72. The number of aromatic amines is 1. The molecule has 0 aliphatic rings. The van der Waals surface area contributed by atoms with Crippen LogP contribution in [0.3, 0.4) is 0 Å². The zero-order chi connectivity index (χ0) is 19.1. The Bertz CT molecular complexity index is 1190. The molecule has 138 valence electrons. The lowest BCUT2D eigenvalue weighted by Crippen LogP contribution is -2.08. The quantitative estimate of drug-likeness (QED) is 0.544. The van der Waals surface area contributed by atoms with Crippen molar-refractivity contribution in [2.24, 2.45) is 0 Å². The van der Waals surface area contributed by atoms with Crippen LogP contribution in [-0.4, -0.2) is 36.8 Å². The Morgan fingerprint density at radius 1 is 1.11 bits per heavy atom. The lowest BCUT2D eigenvalue weighted by atomic mass is 10.0. The SMILES string of the molecule is CCOC(=O)c1nc2cc(C)ccc2c2c1[nH]c1cc(OC)cc(OC)c12.